The fourth-order valence-electron chi connectivity index (χ4n) is 4.79. The van der Waals surface area contributed by atoms with Crippen molar-refractivity contribution in [2.45, 2.75) is 65.8 Å². The van der Waals surface area contributed by atoms with Gasteiger partial charge in [-0.3, -0.25) is 25.8 Å². The number of hydrogen-bond donors (Lipinski definition) is 4. The fourth-order valence-corrected chi connectivity index (χ4v) is 4.79. The zero-order valence-corrected chi connectivity index (χ0v) is 18.5. The molecule has 1 heterocycles. The molecule has 1 aromatic carbocycles. The molecule has 4 N–H and O–H groups in total. The van der Waals surface area contributed by atoms with Crippen molar-refractivity contribution in [3.8, 4) is 0 Å². The van der Waals surface area contributed by atoms with E-state index in [4.69, 9.17) is 10.1 Å². The first-order chi connectivity index (χ1) is 14.0. The van der Waals surface area contributed by atoms with Crippen LogP contribution in [0.5, 0.6) is 0 Å². The average molecular weight is 420 g/mol. The van der Waals surface area contributed by atoms with Crippen LogP contribution >= 0.6 is 0 Å². The number of nitrogens with one attached hydrogen (secondary N) is 2. The maximum atomic E-state index is 12.3. The number of rotatable bonds is 6. The topological polar surface area (TPSA) is 123 Å². The van der Waals surface area contributed by atoms with Crippen LogP contribution < -0.4 is 5.48 Å². The third kappa shape index (κ3) is 4.14. The van der Waals surface area contributed by atoms with Crippen molar-refractivity contribution >= 4 is 17.9 Å². The van der Waals surface area contributed by atoms with Crippen molar-refractivity contribution in [1.82, 2.24) is 10.4 Å². The minimum Gasteiger partial charge on any atom is -0.466 e. The Morgan fingerprint density at radius 2 is 2.00 bits per heavy atom. The van der Waals surface area contributed by atoms with Gasteiger partial charge in [0.15, 0.2) is 0 Å². The van der Waals surface area contributed by atoms with Gasteiger partial charge in [-0.2, -0.15) is 0 Å². The number of carbonyl (C=O) groups excluding carboxylic acids is 1. The van der Waals surface area contributed by atoms with Gasteiger partial charge in [0.05, 0.1) is 12.1 Å². The van der Waals surface area contributed by atoms with Crippen LogP contribution in [0.15, 0.2) is 12.1 Å². The second-order valence-electron chi connectivity index (χ2n) is 8.70. The molecule has 1 unspecified atom stereocenters. The Hall–Kier alpha value is -2.61. The van der Waals surface area contributed by atoms with E-state index in [1.165, 1.54) is 4.90 Å². The van der Waals surface area contributed by atoms with E-state index in [1.54, 1.807) is 13.0 Å². The van der Waals surface area contributed by atoms with Gasteiger partial charge in [-0.1, -0.05) is 32.9 Å². The molecule has 0 bridgehead atoms. The van der Waals surface area contributed by atoms with E-state index in [0.717, 1.165) is 16.7 Å². The fraction of sp³-hybridized carbons (Fsp3) is 0.591. The molecular weight excluding hydrogens is 386 g/mol. The zero-order chi connectivity index (χ0) is 22.7. The summed E-state index contributed by atoms with van der Waals surface area (Å²) in [5.41, 5.74) is 3.93. The van der Waals surface area contributed by atoms with Crippen LogP contribution in [0.4, 0.5) is 4.79 Å². The number of carboxylic acid groups (broad SMARTS) is 1. The minimum atomic E-state index is -0.988. The highest BCUT2D eigenvalue weighted by Crippen LogP contribution is 2.52. The molecule has 8 nitrogen and oxygen atoms in total. The lowest BCUT2D eigenvalue weighted by atomic mass is 9.62. The maximum absolute atomic E-state index is 12.3. The summed E-state index contributed by atoms with van der Waals surface area (Å²) in [6, 6.07) is 3.62. The molecule has 2 rings (SSSR count). The van der Waals surface area contributed by atoms with Crippen LogP contribution in [0.1, 0.15) is 69.2 Å². The summed E-state index contributed by atoms with van der Waals surface area (Å²) >= 11 is 0. The largest absolute Gasteiger partial charge is 0.466 e. The number of fused-ring (bicyclic) bond motifs is 1. The second-order valence-corrected chi connectivity index (χ2v) is 8.70. The number of hydroxylamine groups is 1. The first kappa shape index (κ1) is 23.7. The highest BCUT2D eigenvalue weighted by molar-refractivity contribution is 5.97. The lowest BCUT2D eigenvalue weighted by Gasteiger charge is -2.55. The van der Waals surface area contributed by atoms with Gasteiger partial charge >= 0.3 is 12.1 Å². The Kier molecular flexibility index (Phi) is 7.13. The number of carbonyl (C=O) groups is 2. The highest BCUT2D eigenvalue weighted by atomic mass is 16.5. The van der Waals surface area contributed by atoms with Crippen LogP contribution in [0.25, 0.3) is 0 Å². The Bertz CT molecular complexity index is 831. The lowest BCUT2D eigenvalue weighted by Crippen LogP contribution is -2.59. The molecule has 166 valence electrons. The van der Waals surface area contributed by atoms with E-state index in [2.05, 4.69) is 0 Å². The Morgan fingerprint density at radius 3 is 2.53 bits per heavy atom. The Labute approximate surface area is 177 Å². The highest BCUT2D eigenvalue weighted by Gasteiger charge is 2.52. The summed E-state index contributed by atoms with van der Waals surface area (Å²) < 4.78 is 5.04. The number of esters is 1. The van der Waals surface area contributed by atoms with Gasteiger partial charge in [0.1, 0.15) is 5.84 Å². The van der Waals surface area contributed by atoms with Crippen LogP contribution in [0, 0.1) is 17.7 Å². The van der Waals surface area contributed by atoms with Crippen LogP contribution in [-0.2, 0) is 21.5 Å². The number of amides is 1. The summed E-state index contributed by atoms with van der Waals surface area (Å²) in [7, 11) is 0. The lowest BCUT2D eigenvalue weighted by molar-refractivity contribution is -0.143. The minimum absolute atomic E-state index is 0.0976. The number of benzene rings is 1. The maximum Gasteiger partial charge on any atom is 0.408 e. The van der Waals surface area contributed by atoms with Gasteiger partial charge in [0, 0.05) is 18.5 Å². The number of amidine groups is 1. The molecule has 0 aliphatic carbocycles. The predicted octanol–water partition coefficient (Wildman–Crippen LogP) is 3.81. The van der Waals surface area contributed by atoms with Gasteiger partial charge in [-0.15, -0.1) is 0 Å². The molecule has 1 amide bonds. The van der Waals surface area contributed by atoms with E-state index < -0.39 is 17.0 Å². The molecule has 30 heavy (non-hydrogen) atoms. The van der Waals surface area contributed by atoms with Gasteiger partial charge in [0.25, 0.3) is 0 Å². The number of hydrogen-bond acceptors (Lipinski definition) is 5. The molecule has 1 aliphatic rings. The summed E-state index contributed by atoms with van der Waals surface area (Å²) in [5.74, 6) is -0.381. The van der Waals surface area contributed by atoms with Crippen molar-refractivity contribution in [3.63, 3.8) is 0 Å². The van der Waals surface area contributed by atoms with Crippen LogP contribution in [0.2, 0.25) is 0 Å². The molecule has 0 radical (unpaired) electrons. The third-order valence-electron chi connectivity index (χ3n) is 6.17. The van der Waals surface area contributed by atoms with E-state index in [1.807, 2.05) is 39.2 Å². The van der Waals surface area contributed by atoms with E-state index >= 15 is 0 Å². The quantitative estimate of drug-likeness (QED) is 0.241. The van der Waals surface area contributed by atoms with E-state index in [-0.39, 0.29) is 18.2 Å². The van der Waals surface area contributed by atoms with Gasteiger partial charge in [-0.05, 0) is 55.2 Å². The average Bonchev–Trinajstić information content (AvgIpc) is 2.66. The normalized spacial score (nSPS) is 18.5. The van der Waals surface area contributed by atoms with Crippen molar-refractivity contribution in [3.05, 3.63) is 34.4 Å². The molecule has 8 heteroatoms. The molecule has 0 fully saturated rings. The molecule has 0 saturated heterocycles. The van der Waals surface area contributed by atoms with Gasteiger partial charge < -0.3 is 9.84 Å². The molecule has 1 aliphatic heterocycles. The molecule has 1 aromatic rings. The first-order valence-electron chi connectivity index (χ1n) is 10.3. The molecular formula is C22H33N3O5. The first-order valence-corrected chi connectivity index (χ1v) is 10.3. The molecule has 0 aromatic heterocycles. The molecule has 1 atom stereocenters. The molecule has 0 spiro atoms. The standard InChI is InChI=1S/C22H33N3O5/c1-6-30-18(26)8-7-12-22(21(3,4)5)17-10-9-16(19(23)24-29)14(2)15(17)11-13-25(22)20(27)28/h9-10,29H,6-8,11-13H2,1-5H3,(H2,23,24)(H,27,28). The van der Waals surface area contributed by atoms with Crippen molar-refractivity contribution in [2.24, 2.45) is 5.41 Å². The summed E-state index contributed by atoms with van der Waals surface area (Å²) in [6.07, 6.45) is 0.732. The number of ether oxygens (including phenoxy) is 1. The summed E-state index contributed by atoms with van der Waals surface area (Å²) in [4.78, 5) is 25.7. The molecule has 0 saturated carbocycles. The zero-order valence-electron chi connectivity index (χ0n) is 18.5. The predicted molar refractivity (Wildman–Crippen MR) is 113 cm³/mol. The smallest absolute Gasteiger partial charge is 0.408 e. The third-order valence-corrected chi connectivity index (χ3v) is 6.17. The summed E-state index contributed by atoms with van der Waals surface area (Å²) in [5, 5.41) is 27.2. The van der Waals surface area contributed by atoms with Crippen molar-refractivity contribution < 1.29 is 24.6 Å². The monoisotopic (exact) mass is 419 g/mol. The Balaban J connectivity index is 2.62. The van der Waals surface area contributed by atoms with Crippen molar-refractivity contribution in [2.75, 3.05) is 13.2 Å². The van der Waals surface area contributed by atoms with E-state index in [0.29, 0.717) is 38.0 Å². The van der Waals surface area contributed by atoms with Crippen molar-refractivity contribution in [1.29, 1.82) is 5.41 Å². The summed E-state index contributed by atoms with van der Waals surface area (Å²) in [6.45, 7) is 10.3. The second kappa shape index (κ2) is 9.04. The number of nitrogens with zero attached hydrogens (tertiary/aromatic N) is 1. The van der Waals surface area contributed by atoms with E-state index in [9.17, 15) is 19.9 Å². The van der Waals surface area contributed by atoms with Crippen LogP contribution in [0.3, 0.4) is 0 Å². The van der Waals surface area contributed by atoms with Crippen LogP contribution in [-0.4, -0.2) is 46.3 Å². The van der Waals surface area contributed by atoms with Gasteiger partial charge in [-0.25, -0.2) is 4.79 Å². The SMILES string of the molecule is CCOC(=O)CCCC1(C(C)(C)C)c2ccc(C(=N)NO)c(C)c2CCN1C(=O)O. The Morgan fingerprint density at radius 1 is 1.33 bits per heavy atom. The van der Waals surface area contributed by atoms with Gasteiger partial charge in [0.2, 0.25) is 0 Å².